The van der Waals surface area contributed by atoms with Crippen molar-refractivity contribution in [3.05, 3.63) is 38.7 Å². The van der Waals surface area contributed by atoms with Crippen LogP contribution in [0.4, 0.5) is 5.69 Å². The fourth-order valence-corrected chi connectivity index (χ4v) is 1.41. The molecule has 1 aromatic heterocycles. The summed E-state index contributed by atoms with van der Waals surface area (Å²) in [6.07, 6.45) is 0.632. The fraction of sp³-hybridized carbons (Fsp3) is 0.273. The molecule has 7 nitrogen and oxygen atoms in total. The van der Waals surface area contributed by atoms with Crippen molar-refractivity contribution in [2.45, 2.75) is 13.3 Å². The summed E-state index contributed by atoms with van der Waals surface area (Å²) >= 11 is 0. The molecule has 0 amide bonds. The molecular formula is C11H10N2O5. The molecule has 0 aliphatic carbocycles. The molecule has 0 N–H and O–H groups in total. The highest BCUT2D eigenvalue weighted by molar-refractivity contribution is 5.79. The molecule has 94 valence electrons. The zero-order valence-corrected chi connectivity index (χ0v) is 9.58. The Kier molecular flexibility index (Phi) is 3.22. The van der Waals surface area contributed by atoms with Crippen molar-refractivity contribution in [3.63, 3.8) is 0 Å². The second-order valence-corrected chi connectivity index (χ2v) is 3.57. The summed E-state index contributed by atoms with van der Waals surface area (Å²) in [6, 6.07) is 3.80. The van der Waals surface area contributed by atoms with Crippen LogP contribution in [0.3, 0.4) is 0 Å². The van der Waals surface area contributed by atoms with E-state index < -0.39 is 10.5 Å². The van der Waals surface area contributed by atoms with Crippen molar-refractivity contribution in [2.75, 3.05) is 6.61 Å². The Morgan fingerprint density at radius 1 is 1.50 bits per heavy atom. The van der Waals surface area contributed by atoms with Gasteiger partial charge in [0.2, 0.25) is 0 Å². The Hall–Kier alpha value is -2.44. The Balaban J connectivity index is 2.52. The number of aromatic nitrogens is 1. The molecule has 0 bridgehead atoms. The first-order valence-corrected chi connectivity index (χ1v) is 5.34. The van der Waals surface area contributed by atoms with Crippen molar-refractivity contribution in [2.24, 2.45) is 0 Å². The van der Waals surface area contributed by atoms with E-state index in [1.165, 1.54) is 12.1 Å². The van der Waals surface area contributed by atoms with Gasteiger partial charge in [0.25, 0.3) is 5.69 Å². The van der Waals surface area contributed by atoms with Crippen molar-refractivity contribution >= 4 is 16.6 Å². The zero-order valence-electron chi connectivity index (χ0n) is 9.58. The number of fused-ring (bicyclic) bond motifs is 1. The lowest BCUT2D eigenvalue weighted by atomic mass is 10.2. The number of hydrogen-bond donors (Lipinski definition) is 0. The predicted molar refractivity (Wildman–Crippen MR) is 62.7 cm³/mol. The molecule has 0 fully saturated rings. The summed E-state index contributed by atoms with van der Waals surface area (Å²) in [7, 11) is 0. The molecule has 0 aliphatic heterocycles. The smallest absolute Gasteiger partial charge is 0.397 e. The van der Waals surface area contributed by atoms with E-state index in [-0.39, 0.29) is 17.2 Å². The van der Waals surface area contributed by atoms with Crippen LogP contribution in [0.25, 0.3) is 10.9 Å². The molecule has 18 heavy (non-hydrogen) atoms. The lowest BCUT2D eigenvalue weighted by molar-refractivity contribution is -0.384. The molecule has 2 aromatic rings. The molecule has 1 heterocycles. The number of nitrogens with zero attached hydrogens (tertiary/aromatic N) is 2. The Labute approximate surface area is 101 Å². The van der Waals surface area contributed by atoms with Crippen LogP contribution in [0.2, 0.25) is 0 Å². The number of nitro groups is 1. The quantitative estimate of drug-likeness (QED) is 0.607. The molecule has 0 atom stereocenters. The van der Waals surface area contributed by atoms with Gasteiger partial charge in [-0.05, 0) is 12.5 Å². The van der Waals surface area contributed by atoms with Gasteiger partial charge in [0, 0.05) is 12.1 Å². The normalized spacial score (nSPS) is 10.5. The van der Waals surface area contributed by atoms with Gasteiger partial charge < -0.3 is 9.15 Å². The minimum absolute atomic E-state index is 0.0630. The lowest BCUT2D eigenvalue weighted by Crippen LogP contribution is -2.06. The van der Waals surface area contributed by atoms with E-state index in [1.807, 2.05) is 6.92 Å². The maximum atomic E-state index is 11.6. The van der Waals surface area contributed by atoms with Crippen molar-refractivity contribution in [1.29, 1.82) is 0 Å². The number of ether oxygens (including phenoxy) is 1. The third-order valence-electron chi connectivity index (χ3n) is 2.23. The average Bonchev–Trinajstić information content (AvgIpc) is 2.36. The maximum Gasteiger partial charge on any atom is 0.397 e. The predicted octanol–water partition coefficient (Wildman–Crippen LogP) is 1.88. The molecule has 7 heteroatoms. The highest BCUT2D eigenvalue weighted by atomic mass is 16.6. The number of benzene rings is 1. The minimum Gasteiger partial charge on any atom is -0.450 e. The van der Waals surface area contributed by atoms with Gasteiger partial charge in [0.05, 0.1) is 22.4 Å². The van der Waals surface area contributed by atoms with Gasteiger partial charge >= 0.3 is 11.7 Å². The van der Waals surface area contributed by atoms with E-state index in [0.717, 1.165) is 12.5 Å². The molecule has 2 rings (SSSR count). The molecule has 0 saturated heterocycles. The molecular weight excluding hydrogens is 240 g/mol. The molecule has 0 spiro atoms. The lowest BCUT2D eigenvalue weighted by Gasteiger charge is -2.02. The molecule has 0 unspecified atom stereocenters. The van der Waals surface area contributed by atoms with E-state index in [4.69, 9.17) is 9.15 Å². The standard InChI is InChI=1S/C11H10N2O5/c1-2-5-17-11-12-9-4-3-7(13(15)16)6-8(9)10(14)18-11/h3-4,6H,2,5H2,1H3. The second kappa shape index (κ2) is 4.82. The van der Waals surface area contributed by atoms with Gasteiger partial charge in [-0.1, -0.05) is 6.92 Å². The summed E-state index contributed by atoms with van der Waals surface area (Å²) in [4.78, 5) is 25.6. The van der Waals surface area contributed by atoms with Gasteiger partial charge in [-0.15, -0.1) is 0 Å². The Morgan fingerprint density at radius 3 is 2.94 bits per heavy atom. The zero-order chi connectivity index (χ0) is 13.1. The Bertz CT molecular complexity index is 649. The second-order valence-electron chi connectivity index (χ2n) is 3.57. The van der Waals surface area contributed by atoms with Crippen LogP contribution in [0.1, 0.15) is 13.3 Å². The third-order valence-corrected chi connectivity index (χ3v) is 2.23. The topological polar surface area (TPSA) is 95.5 Å². The number of non-ortho nitro benzene ring substituents is 1. The first-order chi connectivity index (χ1) is 8.61. The minimum atomic E-state index is -0.699. The van der Waals surface area contributed by atoms with Crippen LogP contribution in [-0.2, 0) is 0 Å². The van der Waals surface area contributed by atoms with Crippen molar-refractivity contribution < 1.29 is 14.1 Å². The van der Waals surface area contributed by atoms with Crippen molar-refractivity contribution in [3.8, 4) is 6.08 Å². The van der Waals surface area contributed by atoms with Gasteiger partial charge in [-0.2, -0.15) is 4.98 Å². The molecule has 1 aromatic carbocycles. The number of nitro benzene ring substituents is 1. The van der Waals surface area contributed by atoms with Crippen LogP contribution in [0, 0.1) is 10.1 Å². The van der Waals surface area contributed by atoms with E-state index in [9.17, 15) is 14.9 Å². The monoisotopic (exact) mass is 250 g/mol. The number of rotatable bonds is 4. The van der Waals surface area contributed by atoms with Crippen LogP contribution < -0.4 is 10.4 Å². The van der Waals surface area contributed by atoms with E-state index in [2.05, 4.69) is 4.98 Å². The van der Waals surface area contributed by atoms with E-state index in [1.54, 1.807) is 0 Å². The summed E-state index contributed by atoms with van der Waals surface area (Å²) in [5.41, 5.74) is -0.573. The first-order valence-electron chi connectivity index (χ1n) is 5.34. The van der Waals surface area contributed by atoms with Crippen LogP contribution in [0.5, 0.6) is 6.08 Å². The summed E-state index contributed by atoms with van der Waals surface area (Å²) in [5, 5.41) is 10.7. The maximum absolute atomic E-state index is 11.6. The highest BCUT2D eigenvalue weighted by Gasteiger charge is 2.12. The Morgan fingerprint density at radius 2 is 2.28 bits per heavy atom. The molecule has 0 radical (unpaired) electrons. The van der Waals surface area contributed by atoms with Crippen molar-refractivity contribution in [1.82, 2.24) is 4.98 Å². The SMILES string of the molecule is CCCOc1nc2ccc([N+](=O)[O-])cc2c(=O)o1. The van der Waals surface area contributed by atoms with Gasteiger partial charge in [0.1, 0.15) is 0 Å². The summed E-state index contributed by atoms with van der Waals surface area (Å²) in [6.45, 7) is 2.29. The third kappa shape index (κ3) is 2.29. The van der Waals surface area contributed by atoms with Gasteiger partial charge in [0.15, 0.2) is 0 Å². The van der Waals surface area contributed by atoms with E-state index in [0.29, 0.717) is 12.1 Å². The summed E-state index contributed by atoms with van der Waals surface area (Å²) < 4.78 is 9.93. The summed E-state index contributed by atoms with van der Waals surface area (Å²) in [5.74, 6) is 0. The van der Waals surface area contributed by atoms with E-state index >= 15 is 0 Å². The average molecular weight is 250 g/mol. The number of hydrogen-bond acceptors (Lipinski definition) is 6. The van der Waals surface area contributed by atoms with Gasteiger partial charge in [-0.25, -0.2) is 4.79 Å². The van der Waals surface area contributed by atoms with Crippen LogP contribution >= 0.6 is 0 Å². The largest absolute Gasteiger partial charge is 0.450 e. The fourth-order valence-electron chi connectivity index (χ4n) is 1.41. The molecule has 0 saturated carbocycles. The molecule has 0 aliphatic rings. The van der Waals surface area contributed by atoms with Gasteiger partial charge in [-0.3, -0.25) is 10.1 Å². The van der Waals surface area contributed by atoms with Crippen LogP contribution in [-0.4, -0.2) is 16.5 Å². The van der Waals surface area contributed by atoms with Crippen LogP contribution in [0.15, 0.2) is 27.4 Å². The first kappa shape index (κ1) is 12.0. The highest BCUT2D eigenvalue weighted by Crippen LogP contribution is 2.18.